The minimum atomic E-state index is -0.295. The van der Waals surface area contributed by atoms with E-state index in [0.29, 0.717) is 29.8 Å². The third-order valence-corrected chi connectivity index (χ3v) is 2.56. The molecule has 0 bridgehead atoms. The summed E-state index contributed by atoms with van der Waals surface area (Å²) in [6.45, 7) is 6.21. The number of ether oxygens (including phenoxy) is 1. The highest BCUT2D eigenvalue weighted by molar-refractivity contribution is 6.30. The number of hydrogen-bond acceptors (Lipinski definition) is 2. The van der Waals surface area contributed by atoms with Crippen LogP contribution in [0.25, 0.3) is 0 Å². The highest BCUT2D eigenvalue weighted by Gasteiger charge is 2.01. The van der Waals surface area contributed by atoms with Crippen molar-refractivity contribution in [2.75, 3.05) is 25.1 Å². The van der Waals surface area contributed by atoms with Crippen LogP contribution in [0, 0.1) is 11.7 Å². The monoisotopic (exact) mass is 259 g/mol. The van der Waals surface area contributed by atoms with E-state index in [-0.39, 0.29) is 5.82 Å². The Balaban J connectivity index is 2.20. The molecular weight excluding hydrogens is 241 g/mol. The fourth-order valence-electron chi connectivity index (χ4n) is 1.31. The normalized spacial score (nSPS) is 10.9. The molecule has 0 radical (unpaired) electrons. The summed E-state index contributed by atoms with van der Waals surface area (Å²) in [7, 11) is 0. The zero-order valence-electron chi connectivity index (χ0n) is 10.3. The molecule has 0 aliphatic rings. The van der Waals surface area contributed by atoms with E-state index >= 15 is 0 Å². The van der Waals surface area contributed by atoms with Crippen molar-refractivity contribution in [2.45, 2.75) is 20.3 Å². The molecule has 0 aliphatic heterocycles. The van der Waals surface area contributed by atoms with Crippen molar-refractivity contribution in [3.05, 3.63) is 29.0 Å². The number of rotatable bonds is 7. The lowest BCUT2D eigenvalue weighted by molar-refractivity contribution is 0.132. The SMILES string of the molecule is CC(C)CCOCCNc1cc(Cl)ccc1F. The molecule has 0 saturated heterocycles. The van der Waals surface area contributed by atoms with Crippen LogP contribution in [0.1, 0.15) is 20.3 Å². The van der Waals surface area contributed by atoms with Crippen LogP contribution in [-0.2, 0) is 4.74 Å². The smallest absolute Gasteiger partial charge is 0.146 e. The van der Waals surface area contributed by atoms with Gasteiger partial charge in [0.2, 0.25) is 0 Å². The van der Waals surface area contributed by atoms with Gasteiger partial charge in [-0.2, -0.15) is 0 Å². The van der Waals surface area contributed by atoms with Crippen LogP contribution in [-0.4, -0.2) is 19.8 Å². The van der Waals surface area contributed by atoms with E-state index in [9.17, 15) is 4.39 Å². The van der Waals surface area contributed by atoms with Gasteiger partial charge in [0.05, 0.1) is 12.3 Å². The number of benzene rings is 1. The lowest BCUT2D eigenvalue weighted by atomic mass is 10.1. The molecule has 1 aromatic rings. The fourth-order valence-corrected chi connectivity index (χ4v) is 1.48. The van der Waals surface area contributed by atoms with Gasteiger partial charge in [0.1, 0.15) is 5.82 Å². The Morgan fingerprint density at radius 3 is 2.82 bits per heavy atom. The van der Waals surface area contributed by atoms with Crippen LogP contribution >= 0.6 is 11.6 Å². The van der Waals surface area contributed by atoms with E-state index in [1.165, 1.54) is 12.1 Å². The van der Waals surface area contributed by atoms with Crippen LogP contribution in [0.4, 0.5) is 10.1 Å². The molecule has 96 valence electrons. The lowest BCUT2D eigenvalue weighted by Gasteiger charge is -2.09. The maximum atomic E-state index is 13.3. The van der Waals surface area contributed by atoms with Crippen molar-refractivity contribution in [1.29, 1.82) is 0 Å². The number of anilines is 1. The van der Waals surface area contributed by atoms with Crippen molar-refractivity contribution in [3.8, 4) is 0 Å². The minimum Gasteiger partial charge on any atom is -0.380 e. The van der Waals surface area contributed by atoms with E-state index < -0.39 is 0 Å². The van der Waals surface area contributed by atoms with E-state index in [4.69, 9.17) is 16.3 Å². The van der Waals surface area contributed by atoms with Gasteiger partial charge in [-0.05, 0) is 30.5 Å². The topological polar surface area (TPSA) is 21.3 Å². The molecule has 1 aromatic carbocycles. The third kappa shape index (κ3) is 5.89. The zero-order valence-corrected chi connectivity index (χ0v) is 11.1. The molecule has 17 heavy (non-hydrogen) atoms. The summed E-state index contributed by atoms with van der Waals surface area (Å²) < 4.78 is 18.7. The predicted molar refractivity (Wildman–Crippen MR) is 70.2 cm³/mol. The van der Waals surface area contributed by atoms with Crippen LogP contribution in [0.5, 0.6) is 0 Å². The Hall–Kier alpha value is -0.800. The number of nitrogens with one attached hydrogen (secondary N) is 1. The third-order valence-electron chi connectivity index (χ3n) is 2.33. The first-order valence-corrected chi connectivity index (χ1v) is 6.24. The van der Waals surface area contributed by atoms with Crippen LogP contribution < -0.4 is 5.32 Å². The van der Waals surface area contributed by atoms with Gasteiger partial charge in [0, 0.05) is 18.2 Å². The summed E-state index contributed by atoms with van der Waals surface area (Å²) in [5.74, 6) is 0.352. The van der Waals surface area contributed by atoms with Gasteiger partial charge in [0.25, 0.3) is 0 Å². The maximum Gasteiger partial charge on any atom is 0.146 e. The first-order chi connectivity index (χ1) is 8.09. The minimum absolute atomic E-state index is 0.295. The van der Waals surface area contributed by atoms with E-state index in [0.717, 1.165) is 13.0 Å². The molecule has 0 fully saturated rings. The number of hydrogen-bond donors (Lipinski definition) is 1. The van der Waals surface area contributed by atoms with Crippen LogP contribution in [0.2, 0.25) is 5.02 Å². The van der Waals surface area contributed by atoms with Gasteiger partial charge in [-0.25, -0.2) is 4.39 Å². The molecule has 0 unspecified atom stereocenters. The summed E-state index contributed by atoms with van der Waals surface area (Å²) in [6.07, 6.45) is 1.05. The highest BCUT2D eigenvalue weighted by Crippen LogP contribution is 2.19. The second-order valence-corrected chi connectivity index (χ2v) is 4.78. The summed E-state index contributed by atoms with van der Waals surface area (Å²) in [5, 5.41) is 3.48. The Labute approximate surface area is 107 Å². The molecule has 0 aliphatic carbocycles. The van der Waals surface area contributed by atoms with Gasteiger partial charge in [-0.3, -0.25) is 0 Å². The second kappa shape index (κ2) is 7.51. The average Bonchev–Trinajstić information content (AvgIpc) is 2.27. The molecule has 0 aromatic heterocycles. The Kier molecular flexibility index (Phi) is 6.30. The van der Waals surface area contributed by atoms with Crippen molar-refractivity contribution in [3.63, 3.8) is 0 Å². The first-order valence-electron chi connectivity index (χ1n) is 5.86. The summed E-state index contributed by atoms with van der Waals surface area (Å²) in [6, 6.07) is 4.45. The van der Waals surface area contributed by atoms with Crippen molar-refractivity contribution in [2.24, 2.45) is 5.92 Å². The van der Waals surface area contributed by atoms with Gasteiger partial charge in [-0.1, -0.05) is 25.4 Å². The van der Waals surface area contributed by atoms with Crippen molar-refractivity contribution >= 4 is 17.3 Å². The highest BCUT2D eigenvalue weighted by atomic mass is 35.5. The summed E-state index contributed by atoms with van der Waals surface area (Å²) in [5.41, 5.74) is 0.421. The summed E-state index contributed by atoms with van der Waals surface area (Å²) >= 11 is 5.78. The number of halogens is 2. The van der Waals surface area contributed by atoms with Crippen molar-refractivity contribution < 1.29 is 9.13 Å². The molecule has 0 heterocycles. The predicted octanol–water partition coefficient (Wildman–Crippen LogP) is 3.95. The second-order valence-electron chi connectivity index (χ2n) is 4.35. The Bertz CT molecular complexity index is 344. The van der Waals surface area contributed by atoms with E-state index in [1.54, 1.807) is 6.07 Å². The lowest BCUT2D eigenvalue weighted by Crippen LogP contribution is -2.11. The Morgan fingerprint density at radius 1 is 1.35 bits per heavy atom. The van der Waals surface area contributed by atoms with E-state index in [2.05, 4.69) is 19.2 Å². The quantitative estimate of drug-likeness (QED) is 0.749. The molecule has 1 N–H and O–H groups in total. The van der Waals surface area contributed by atoms with E-state index in [1.807, 2.05) is 0 Å². The standard InChI is InChI=1S/C13H19ClFNO/c1-10(2)5-7-17-8-6-16-13-9-11(14)3-4-12(13)15/h3-4,9-10,16H,5-8H2,1-2H3. The van der Waals surface area contributed by atoms with Gasteiger partial charge < -0.3 is 10.1 Å². The van der Waals surface area contributed by atoms with Gasteiger partial charge in [-0.15, -0.1) is 0 Å². The van der Waals surface area contributed by atoms with Crippen LogP contribution in [0.3, 0.4) is 0 Å². The molecule has 2 nitrogen and oxygen atoms in total. The molecule has 0 atom stereocenters. The van der Waals surface area contributed by atoms with Crippen LogP contribution in [0.15, 0.2) is 18.2 Å². The fraction of sp³-hybridized carbons (Fsp3) is 0.538. The maximum absolute atomic E-state index is 13.3. The van der Waals surface area contributed by atoms with Crippen molar-refractivity contribution in [1.82, 2.24) is 0 Å². The zero-order chi connectivity index (χ0) is 12.7. The molecule has 4 heteroatoms. The first kappa shape index (κ1) is 14.3. The Morgan fingerprint density at radius 2 is 2.12 bits per heavy atom. The molecule has 0 spiro atoms. The molecule has 0 amide bonds. The average molecular weight is 260 g/mol. The van der Waals surface area contributed by atoms with Gasteiger partial charge in [0.15, 0.2) is 0 Å². The summed E-state index contributed by atoms with van der Waals surface area (Å²) in [4.78, 5) is 0. The molecule has 1 rings (SSSR count). The molecule has 0 saturated carbocycles. The van der Waals surface area contributed by atoms with Gasteiger partial charge >= 0.3 is 0 Å². The largest absolute Gasteiger partial charge is 0.380 e. The molecular formula is C13H19ClFNO.